The van der Waals surface area contributed by atoms with Gasteiger partial charge < -0.3 is 4.74 Å². The molecule has 0 unspecified atom stereocenters. The molecule has 0 radical (unpaired) electrons. The number of benzene rings is 1. The van der Waals surface area contributed by atoms with Crippen LogP contribution in [-0.4, -0.2) is 43.2 Å². The Bertz CT molecular complexity index is 893. The highest BCUT2D eigenvalue weighted by Crippen LogP contribution is 2.26. The minimum Gasteiger partial charge on any atom is -0.494 e. The number of carbonyl (C=O) groups excluding carboxylic acids is 1. The van der Waals surface area contributed by atoms with Gasteiger partial charge in [0.25, 0.3) is 0 Å². The van der Waals surface area contributed by atoms with E-state index in [0.29, 0.717) is 29.3 Å². The molecule has 0 fully saturated rings. The van der Waals surface area contributed by atoms with Crippen LogP contribution >= 0.6 is 23.1 Å². The zero-order valence-electron chi connectivity index (χ0n) is 14.7. The maximum Gasteiger partial charge on any atom is 0.236 e. The summed E-state index contributed by atoms with van der Waals surface area (Å²) < 4.78 is 7.39. The fourth-order valence-corrected chi connectivity index (χ4v) is 3.49. The molecular weight excluding hydrogens is 384 g/mol. The van der Waals surface area contributed by atoms with E-state index in [0.717, 1.165) is 11.3 Å². The molecular formula is C17H18N6O2S2. The molecule has 1 N–H and O–H groups in total. The summed E-state index contributed by atoms with van der Waals surface area (Å²) in [5, 5.41) is 19.8. The highest BCUT2D eigenvalue weighted by molar-refractivity contribution is 7.99. The van der Waals surface area contributed by atoms with Crippen molar-refractivity contribution in [2.45, 2.75) is 18.6 Å². The second-order valence-corrected chi connectivity index (χ2v) is 7.02. The van der Waals surface area contributed by atoms with Crippen molar-refractivity contribution < 1.29 is 9.53 Å². The van der Waals surface area contributed by atoms with Gasteiger partial charge in [0.05, 0.1) is 12.4 Å². The third kappa shape index (κ3) is 4.92. The molecule has 0 bridgehead atoms. The molecule has 27 heavy (non-hydrogen) atoms. The Kier molecular flexibility index (Phi) is 6.55. The summed E-state index contributed by atoms with van der Waals surface area (Å²) in [6.07, 6.45) is 1.77. The average Bonchev–Trinajstić information content (AvgIpc) is 3.31. The molecule has 3 rings (SSSR count). The van der Waals surface area contributed by atoms with Crippen LogP contribution in [0.25, 0.3) is 11.4 Å². The lowest BCUT2D eigenvalue weighted by molar-refractivity contribution is -0.113. The zero-order valence-corrected chi connectivity index (χ0v) is 16.3. The van der Waals surface area contributed by atoms with Gasteiger partial charge in [-0.3, -0.25) is 14.7 Å². The molecule has 0 aliphatic heterocycles. The smallest absolute Gasteiger partial charge is 0.236 e. The van der Waals surface area contributed by atoms with Gasteiger partial charge in [0.2, 0.25) is 11.0 Å². The average molecular weight is 403 g/mol. The second kappa shape index (κ2) is 9.28. The van der Waals surface area contributed by atoms with E-state index in [-0.39, 0.29) is 11.7 Å². The fraction of sp³-hybridized carbons (Fsp3) is 0.235. The first-order chi connectivity index (χ1) is 13.2. The van der Waals surface area contributed by atoms with Crippen LogP contribution < -0.4 is 10.1 Å². The third-order valence-electron chi connectivity index (χ3n) is 3.39. The zero-order chi connectivity index (χ0) is 19.1. The van der Waals surface area contributed by atoms with Crippen molar-refractivity contribution in [3.63, 3.8) is 0 Å². The van der Waals surface area contributed by atoms with Gasteiger partial charge in [-0.1, -0.05) is 29.2 Å². The lowest BCUT2D eigenvalue weighted by Crippen LogP contribution is -2.14. The number of carbonyl (C=O) groups is 1. The van der Waals surface area contributed by atoms with Gasteiger partial charge in [-0.2, -0.15) is 0 Å². The van der Waals surface area contributed by atoms with Crippen molar-refractivity contribution in [2.75, 3.05) is 17.7 Å². The molecule has 2 heterocycles. The van der Waals surface area contributed by atoms with E-state index in [1.54, 1.807) is 11.6 Å². The summed E-state index contributed by atoms with van der Waals surface area (Å²) in [6.45, 7) is 6.89. The van der Waals surface area contributed by atoms with Gasteiger partial charge in [0.1, 0.15) is 11.3 Å². The first-order valence-electron chi connectivity index (χ1n) is 8.17. The normalized spacial score (nSPS) is 10.6. The second-order valence-electron chi connectivity index (χ2n) is 5.24. The summed E-state index contributed by atoms with van der Waals surface area (Å²) in [7, 11) is 0. The van der Waals surface area contributed by atoms with Crippen molar-refractivity contribution in [3.05, 3.63) is 42.4 Å². The largest absolute Gasteiger partial charge is 0.494 e. The van der Waals surface area contributed by atoms with Crippen LogP contribution in [0.5, 0.6) is 5.75 Å². The number of anilines is 1. The number of nitrogens with zero attached hydrogens (tertiary/aromatic N) is 5. The van der Waals surface area contributed by atoms with Crippen LogP contribution in [0.15, 0.2) is 47.6 Å². The Morgan fingerprint density at radius 1 is 1.33 bits per heavy atom. The molecule has 0 spiro atoms. The Morgan fingerprint density at radius 2 is 2.15 bits per heavy atom. The first-order valence-corrected chi connectivity index (χ1v) is 10.0. The number of hydrogen-bond acceptors (Lipinski definition) is 8. The van der Waals surface area contributed by atoms with Crippen molar-refractivity contribution in [1.29, 1.82) is 0 Å². The van der Waals surface area contributed by atoms with Gasteiger partial charge in [0, 0.05) is 12.1 Å². The lowest BCUT2D eigenvalue weighted by Gasteiger charge is -2.08. The molecule has 0 saturated carbocycles. The molecule has 1 aromatic carbocycles. The van der Waals surface area contributed by atoms with E-state index in [2.05, 4.69) is 32.3 Å². The van der Waals surface area contributed by atoms with Crippen LogP contribution in [-0.2, 0) is 11.3 Å². The Balaban J connectivity index is 1.72. The standard InChI is InChI=1S/C17H18N6O2S2/c1-3-9-23-15(12-5-7-13(8-6-12)25-4-2)20-22-17(23)26-10-14(24)19-16-21-18-11-27-16/h3,5-8,11H,1,4,9-10H2,2H3,(H,19,21,24). The molecule has 10 heteroatoms. The number of amides is 1. The van der Waals surface area contributed by atoms with Crippen molar-refractivity contribution >= 4 is 34.1 Å². The maximum atomic E-state index is 12.0. The summed E-state index contributed by atoms with van der Waals surface area (Å²) in [5.41, 5.74) is 2.48. The van der Waals surface area contributed by atoms with E-state index < -0.39 is 0 Å². The van der Waals surface area contributed by atoms with Crippen molar-refractivity contribution in [2.24, 2.45) is 0 Å². The van der Waals surface area contributed by atoms with Crippen molar-refractivity contribution in [3.8, 4) is 17.1 Å². The fourth-order valence-electron chi connectivity index (χ4n) is 2.28. The van der Waals surface area contributed by atoms with Crippen LogP contribution in [0.3, 0.4) is 0 Å². The molecule has 8 nitrogen and oxygen atoms in total. The number of ether oxygens (including phenoxy) is 1. The van der Waals surface area contributed by atoms with E-state index in [9.17, 15) is 4.79 Å². The molecule has 1 amide bonds. The summed E-state index contributed by atoms with van der Waals surface area (Å²) in [6, 6.07) is 7.67. The number of allylic oxidation sites excluding steroid dienone is 1. The number of hydrogen-bond donors (Lipinski definition) is 1. The SMILES string of the molecule is C=CCn1c(SCC(=O)Nc2nncs2)nnc1-c1ccc(OCC)cc1. The topological polar surface area (TPSA) is 94.8 Å². The van der Waals surface area contributed by atoms with Crippen LogP contribution in [0, 0.1) is 0 Å². The molecule has 3 aromatic rings. The molecule has 2 aromatic heterocycles. The maximum absolute atomic E-state index is 12.0. The first kappa shape index (κ1) is 19.1. The van der Waals surface area contributed by atoms with Crippen LogP contribution in [0.2, 0.25) is 0 Å². The number of rotatable bonds is 9. The minimum atomic E-state index is -0.174. The van der Waals surface area contributed by atoms with Gasteiger partial charge in [-0.15, -0.1) is 27.0 Å². The predicted octanol–water partition coefficient (Wildman–Crippen LogP) is 3.11. The van der Waals surface area contributed by atoms with Gasteiger partial charge in [-0.25, -0.2) is 0 Å². The van der Waals surface area contributed by atoms with Crippen molar-refractivity contribution in [1.82, 2.24) is 25.0 Å². The van der Waals surface area contributed by atoms with Crippen LogP contribution in [0.1, 0.15) is 6.92 Å². The van der Waals surface area contributed by atoms with Gasteiger partial charge in [-0.05, 0) is 31.2 Å². The summed E-state index contributed by atoms with van der Waals surface area (Å²) >= 11 is 2.58. The van der Waals surface area contributed by atoms with Crippen LogP contribution in [0.4, 0.5) is 5.13 Å². The summed E-state index contributed by atoms with van der Waals surface area (Å²) in [4.78, 5) is 12.0. The number of aromatic nitrogens is 5. The highest BCUT2D eigenvalue weighted by Gasteiger charge is 2.15. The minimum absolute atomic E-state index is 0.174. The predicted molar refractivity (Wildman–Crippen MR) is 106 cm³/mol. The quantitative estimate of drug-likeness (QED) is 0.434. The molecule has 140 valence electrons. The molecule has 0 aliphatic rings. The highest BCUT2D eigenvalue weighted by atomic mass is 32.2. The summed E-state index contributed by atoms with van der Waals surface area (Å²) in [5.74, 6) is 1.54. The molecule has 0 saturated heterocycles. The number of nitrogens with one attached hydrogen (secondary N) is 1. The third-order valence-corrected chi connectivity index (χ3v) is 4.96. The molecule has 0 atom stereocenters. The number of thioether (sulfide) groups is 1. The van der Waals surface area contributed by atoms with E-state index in [1.165, 1.54) is 23.1 Å². The van der Waals surface area contributed by atoms with Gasteiger partial charge in [0.15, 0.2) is 11.0 Å². The van der Waals surface area contributed by atoms with E-state index >= 15 is 0 Å². The van der Waals surface area contributed by atoms with E-state index in [4.69, 9.17) is 4.74 Å². The monoisotopic (exact) mass is 402 g/mol. The Hall–Kier alpha value is -2.72. The lowest BCUT2D eigenvalue weighted by atomic mass is 10.2. The Morgan fingerprint density at radius 3 is 2.81 bits per heavy atom. The Labute approximate surface area is 164 Å². The van der Waals surface area contributed by atoms with E-state index in [1.807, 2.05) is 35.8 Å². The van der Waals surface area contributed by atoms with Gasteiger partial charge >= 0.3 is 0 Å². The molecule has 0 aliphatic carbocycles.